The minimum atomic E-state index is -5.08. The van der Waals surface area contributed by atoms with E-state index in [0.29, 0.717) is 43.2 Å². The van der Waals surface area contributed by atoms with Crippen LogP contribution in [0.25, 0.3) is 0 Å². The Balaban J connectivity index is 0.000000532. The van der Waals surface area contributed by atoms with Crippen molar-refractivity contribution >= 4 is 33.3 Å². The number of nitrogens with zero attached hydrogens (tertiary/aromatic N) is 1. The van der Waals surface area contributed by atoms with Gasteiger partial charge in [-0.05, 0) is 55.3 Å². The van der Waals surface area contributed by atoms with Crippen molar-refractivity contribution < 1.29 is 45.4 Å². The average Bonchev–Trinajstić information content (AvgIpc) is 3.41. The van der Waals surface area contributed by atoms with E-state index < -0.39 is 28.0 Å². The van der Waals surface area contributed by atoms with Gasteiger partial charge in [-0.1, -0.05) is 0 Å². The fourth-order valence-electron chi connectivity index (χ4n) is 3.87. The lowest BCUT2D eigenvalue weighted by molar-refractivity contribution is -0.192. The van der Waals surface area contributed by atoms with Gasteiger partial charge >= 0.3 is 12.1 Å². The lowest BCUT2D eigenvalue weighted by Crippen LogP contribution is -2.43. The molecule has 1 atom stereocenters. The molecule has 0 radical (unpaired) electrons. The van der Waals surface area contributed by atoms with Crippen molar-refractivity contribution in [3.8, 4) is 0 Å². The number of piperazine rings is 1. The van der Waals surface area contributed by atoms with Gasteiger partial charge in [0.2, 0.25) is 0 Å². The molecule has 1 amide bonds. The molecule has 0 bridgehead atoms. The summed E-state index contributed by atoms with van der Waals surface area (Å²) in [5.74, 6) is -3.57. The third-order valence-electron chi connectivity index (χ3n) is 5.84. The van der Waals surface area contributed by atoms with Crippen LogP contribution in [0.15, 0.2) is 47.4 Å². The van der Waals surface area contributed by atoms with Crippen LogP contribution >= 0.6 is 0 Å². The number of hydrogen-bond donors (Lipinski definition) is 4. The molecule has 2 fully saturated rings. The van der Waals surface area contributed by atoms with Crippen LogP contribution in [0, 0.1) is 5.82 Å². The number of nitrogens with one attached hydrogen (secondary N) is 3. The van der Waals surface area contributed by atoms with Crippen LogP contribution < -0.4 is 20.3 Å². The minimum absolute atomic E-state index is 0.00974. The van der Waals surface area contributed by atoms with Gasteiger partial charge in [-0.3, -0.25) is 9.52 Å². The Morgan fingerprint density at radius 2 is 1.74 bits per heavy atom. The van der Waals surface area contributed by atoms with E-state index in [1.165, 1.54) is 12.1 Å². The standard InChI is InChI=1S/C22H27FN4O4S.C2HF3O2/c23-17-4-6-19(7-5-17)32(29,30)26-20-14-16(22(28)25-15-18-2-1-13-31-18)3-8-21(20)27-11-9-24-10-12-27;3-2(4,5)1(6)7/h3-8,14,18,24,26H,1-2,9-13,15H2,(H,25,28);(H,6,7). The van der Waals surface area contributed by atoms with Crippen molar-refractivity contribution in [3.05, 3.63) is 53.8 Å². The van der Waals surface area contributed by atoms with Gasteiger partial charge in [0.15, 0.2) is 0 Å². The molecule has 2 aromatic carbocycles. The number of carboxylic acids is 1. The number of hydrogen-bond acceptors (Lipinski definition) is 7. The number of amides is 1. The molecule has 2 aliphatic heterocycles. The fraction of sp³-hybridized carbons (Fsp3) is 0.417. The maximum atomic E-state index is 13.3. The first-order valence-corrected chi connectivity index (χ1v) is 13.4. The molecule has 0 aliphatic carbocycles. The van der Waals surface area contributed by atoms with E-state index in [2.05, 4.69) is 20.3 Å². The number of aliphatic carboxylic acids is 1. The molecule has 0 spiro atoms. The topological polar surface area (TPSA) is 137 Å². The second-order valence-corrected chi connectivity index (χ2v) is 10.4. The summed E-state index contributed by atoms with van der Waals surface area (Å²) in [4.78, 5) is 23.6. The molecule has 4 rings (SSSR count). The van der Waals surface area contributed by atoms with Crippen molar-refractivity contribution in [2.75, 3.05) is 49.0 Å². The summed E-state index contributed by atoms with van der Waals surface area (Å²) >= 11 is 0. The van der Waals surface area contributed by atoms with Crippen molar-refractivity contribution in [3.63, 3.8) is 0 Å². The van der Waals surface area contributed by atoms with Gasteiger partial charge in [-0.15, -0.1) is 0 Å². The number of carbonyl (C=O) groups is 2. The van der Waals surface area contributed by atoms with Gasteiger partial charge in [-0.2, -0.15) is 13.2 Å². The number of ether oxygens (including phenoxy) is 1. The summed E-state index contributed by atoms with van der Waals surface area (Å²) in [6, 6.07) is 9.61. The maximum Gasteiger partial charge on any atom is 0.490 e. The van der Waals surface area contributed by atoms with Crippen LogP contribution in [0.1, 0.15) is 23.2 Å². The van der Waals surface area contributed by atoms with Gasteiger partial charge in [0, 0.05) is 44.9 Å². The third-order valence-corrected chi connectivity index (χ3v) is 7.22. The minimum Gasteiger partial charge on any atom is -0.475 e. The molecule has 15 heteroatoms. The Bertz CT molecular complexity index is 1250. The Morgan fingerprint density at radius 1 is 1.10 bits per heavy atom. The van der Waals surface area contributed by atoms with Crippen LogP contribution in [-0.2, 0) is 19.6 Å². The quantitative estimate of drug-likeness (QED) is 0.370. The number of carbonyl (C=O) groups excluding carboxylic acids is 1. The summed E-state index contributed by atoms with van der Waals surface area (Å²) < 4.78 is 79.0. The molecule has 1 unspecified atom stereocenters. The van der Waals surface area contributed by atoms with Crippen LogP contribution in [0.2, 0.25) is 0 Å². The van der Waals surface area contributed by atoms with Crippen molar-refractivity contribution in [2.24, 2.45) is 0 Å². The van der Waals surface area contributed by atoms with Gasteiger partial charge < -0.3 is 25.4 Å². The molecule has 2 aliphatic rings. The predicted molar refractivity (Wildman–Crippen MR) is 134 cm³/mol. The van der Waals surface area contributed by atoms with Crippen LogP contribution in [-0.4, -0.2) is 77.0 Å². The summed E-state index contributed by atoms with van der Waals surface area (Å²) in [5, 5.41) is 13.3. The Hall–Kier alpha value is -3.43. The largest absolute Gasteiger partial charge is 0.490 e. The highest BCUT2D eigenvalue weighted by Gasteiger charge is 2.38. The molecular weight excluding hydrogens is 548 g/mol. The van der Waals surface area contributed by atoms with Crippen molar-refractivity contribution in [1.29, 1.82) is 0 Å². The van der Waals surface area contributed by atoms with Crippen LogP contribution in [0.5, 0.6) is 0 Å². The number of alkyl halides is 3. The van der Waals surface area contributed by atoms with Gasteiger partial charge in [0.1, 0.15) is 5.82 Å². The van der Waals surface area contributed by atoms with E-state index >= 15 is 0 Å². The molecule has 2 aromatic rings. The van der Waals surface area contributed by atoms with Crippen molar-refractivity contribution in [2.45, 2.75) is 30.0 Å². The third kappa shape index (κ3) is 8.80. The first-order chi connectivity index (χ1) is 18.4. The van der Waals surface area contributed by atoms with Gasteiger partial charge in [0.25, 0.3) is 15.9 Å². The molecule has 2 saturated heterocycles. The van der Waals surface area contributed by atoms with E-state index in [4.69, 9.17) is 14.6 Å². The Morgan fingerprint density at radius 3 is 2.31 bits per heavy atom. The molecule has 2 heterocycles. The average molecular weight is 577 g/mol. The smallest absolute Gasteiger partial charge is 0.475 e. The van der Waals surface area contributed by atoms with Crippen molar-refractivity contribution in [1.82, 2.24) is 10.6 Å². The molecule has 4 N–H and O–H groups in total. The zero-order chi connectivity index (χ0) is 28.6. The molecule has 0 aromatic heterocycles. The number of sulfonamides is 1. The number of benzene rings is 2. The van der Waals surface area contributed by atoms with Crippen LogP contribution in [0.3, 0.4) is 0 Å². The summed E-state index contributed by atoms with van der Waals surface area (Å²) in [7, 11) is -3.97. The fourth-order valence-corrected chi connectivity index (χ4v) is 4.94. The van der Waals surface area contributed by atoms with Gasteiger partial charge in [-0.25, -0.2) is 17.6 Å². The van der Waals surface area contributed by atoms with Crippen LogP contribution in [0.4, 0.5) is 28.9 Å². The van der Waals surface area contributed by atoms with E-state index in [9.17, 15) is 30.8 Å². The van der Waals surface area contributed by atoms with Gasteiger partial charge in [0.05, 0.1) is 22.4 Å². The summed E-state index contributed by atoms with van der Waals surface area (Å²) in [6.07, 6.45) is -3.18. The lowest BCUT2D eigenvalue weighted by Gasteiger charge is -2.31. The summed E-state index contributed by atoms with van der Waals surface area (Å²) in [5.41, 5.74) is 1.34. The number of anilines is 2. The highest BCUT2D eigenvalue weighted by Crippen LogP contribution is 2.30. The first kappa shape index (κ1) is 30.1. The van der Waals surface area contributed by atoms with E-state index in [1.807, 2.05) is 0 Å². The predicted octanol–water partition coefficient (Wildman–Crippen LogP) is 2.58. The second-order valence-electron chi connectivity index (χ2n) is 8.68. The Kier molecular flexibility index (Phi) is 10.1. The van der Waals surface area contributed by atoms with E-state index in [-0.39, 0.29) is 16.9 Å². The van der Waals surface area contributed by atoms with E-state index in [1.54, 1.807) is 18.2 Å². The first-order valence-electron chi connectivity index (χ1n) is 11.9. The highest BCUT2D eigenvalue weighted by atomic mass is 32.2. The number of rotatable bonds is 7. The highest BCUT2D eigenvalue weighted by molar-refractivity contribution is 7.92. The molecular formula is C24H28F4N4O6S. The number of carboxylic acid groups (broad SMARTS) is 1. The monoisotopic (exact) mass is 576 g/mol. The molecule has 10 nitrogen and oxygen atoms in total. The zero-order valence-corrected chi connectivity index (χ0v) is 21.4. The number of halogens is 4. The zero-order valence-electron chi connectivity index (χ0n) is 20.6. The lowest BCUT2D eigenvalue weighted by atomic mass is 10.1. The molecule has 0 saturated carbocycles. The molecule has 214 valence electrons. The second kappa shape index (κ2) is 13.1. The molecule has 39 heavy (non-hydrogen) atoms. The SMILES string of the molecule is O=C(NCC1CCCO1)c1ccc(N2CCNCC2)c(NS(=O)(=O)c2ccc(F)cc2)c1.O=C(O)C(F)(F)F. The summed E-state index contributed by atoms with van der Waals surface area (Å²) in [6.45, 7) is 4.07. The Labute approximate surface area is 222 Å². The maximum absolute atomic E-state index is 13.3. The normalized spacial score (nSPS) is 17.6. The van der Waals surface area contributed by atoms with E-state index in [0.717, 1.165) is 38.1 Å².